The summed E-state index contributed by atoms with van der Waals surface area (Å²) >= 11 is 0. The second-order valence-corrected chi connectivity index (χ2v) is 5.61. The second kappa shape index (κ2) is 6.93. The van der Waals surface area contributed by atoms with Gasteiger partial charge in [0.1, 0.15) is 11.6 Å². The predicted octanol–water partition coefficient (Wildman–Crippen LogP) is 3.80. The summed E-state index contributed by atoms with van der Waals surface area (Å²) in [4.78, 5) is 14.1. The lowest BCUT2D eigenvalue weighted by atomic mass is 10.1. The molecule has 2 rings (SSSR count). The normalized spacial score (nSPS) is 17.2. The average molecular weight is 281 g/mol. The van der Waals surface area contributed by atoms with E-state index in [1.165, 1.54) is 31.7 Å². The molecule has 1 aromatic rings. The molecule has 0 amide bonds. The Morgan fingerprint density at radius 1 is 1.20 bits per heavy atom. The summed E-state index contributed by atoms with van der Waals surface area (Å²) in [7, 11) is 1.91. The summed E-state index contributed by atoms with van der Waals surface area (Å²) in [6.45, 7) is 0.188. The van der Waals surface area contributed by atoms with Crippen molar-refractivity contribution in [3.63, 3.8) is 0 Å². The Morgan fingerprint density at radius 2 is 1.85 bits per heavy atom. The van der Waals surface area contributed by atoms with Gasteiger partial charge in [0, 0.05) is 12.1 Å². The van der Waals surface area contributed by atoms with Crippen molar-refractivity contribution >= 4 is 5.78 Å². The van der Waals surface area contributed by atoms with Gasteiger partial charge in [-0.3, -0.25) is 9.69 Å². The molecule has 0 unspecified atom stereocenters. The predicted molar refractivity (Wildman–Crippen MR) is 74.8 cm³/mol. The number of likely N-dealkylation sites (N-methyl/N-ethyl adjacent to an activating group) is 1. The standard InChI is InChI=1S/C16H21F2NO/c1-19(13-6-4-2-3-5-7-13)11-16(20)14-9-8-12(17)10-15(14)18/h8-10,13H,2-7,11H2,1H3. The zero-order valence-electron chi connectivity index (χ0n) is 11.9. The van der Waals surface area contributed by atoms with Crippen LogP contribution in [0, 0.1) is 11.6 Å². The van der Waals surface area contributed by atoms with Gasteiger partial charge in [-0.2, -0.15) is 0 Å². The van der Waals surface area contributed by atoms with Crippen molar-refractivity contribution in [1.29, 1.82) is 0 Å². The highest BCUT2D eigenvalue weighted by atomic mass is 19.1. The van der Waals surface area contributed by atoms with E-state index in [0.29, 0.717) is 6.04 Å². The summed E-state index contributed by atoms with van der Waals surface area (Å²) < 4.78 is 26.4. The molecule has 0 spiro atoms. The first-order chi connectivity index (χ1) is 9.58. The first-order valence-electron chi connectivity index (χ1n) is 7.26. The van der Waals surface area contributed by atoms with Gasteiger partial charge in [-0.05, 0) is 32.0 Å². The van der Waals surface area contributed by atoms with Crippen LogP contribution in [0.4, 0.5) is 8.78 Å². The number of Topliss-reactive ketones (excluding diaryl/α,β-unsaturated/α-hetero) is 1. The van der Waals surface area contributed by atoms with Gasteiger partial charge >= 0.3 is 0 Å². The number of hydrogen-bond acceptors (Lipinski definition) is 2. The topological polar surface area (TPSA) is 20.3 Å². The lowest BCUT2D eigenvalue weighted by Gasteiger charge is -2.26. The molecule has 0 heterocycles. The van der Waals surface area contributed by atoms with Crippen molar-refractivity contribution in [3.05, 3.63) is 35.4 Å². The van der Waals surface area contributed by atoms with Crippen LogP contribution in [0.25, 0.3) is 0 Å². The Hall–Kier alpha value is -1.29. The van der Waals surface area contributed by atoms with Crippen LogP contribution in [-0.2, 0) is 0 Å². The average Bonchev–Trinajstić information content (AvgIpc) is 2.67. The summed E-state index contributed by atoms with van der Waals surface area (Å²) in [5.41, 5.74) is -0.0214. The zero-order valence-corrected chi connectivity index (χ0v) is 11.9. The summed E-state index contributed by atoms with van der Waals surface area (Å²) in [5.74, 6) is -1.71. The molecule has 2 nitrogen and oxygen atoms in total. The molecule has 0 aromatic heterocycles. The van der Waals surface area contributed by atoms with Crippen LogP contribution in [-0.4, -0.2) is 30.3 Å². The van der Waals surface area contributed by atoms with Crippen LogP contribution >= 0.6 is 0 Å². The van der Waals surface area contributed by atoms with Crippen LogP contribution in [0.1, 0.15) is 48.9 Å². The number of benzene rings is 1. The lowest BCUT2D eigenvalue weighted by Crippen LogP contribution is -2.35. The number of ketones is 1. The van der Waals surface area contributed by atoms with E-state index in [9.17, 15) is 13.6 Å². The number of carbonyl (C=O) groups is 1. The Kier molecular flexibility index (Phi) is 5.24. The van der Waals surface area contributed by atoms with E-state index in [2.05, 4.69) is 0 Å². The van der Waals surface area contributed by atoms with Gasteiger partial charge in [0.05, 0.1) is 12.1 Å². The fraction of sp³-hybridized carbons (Fsp3) is 0.562. The molecule has 0 N–H and O–H groups in total. The van der Waals surface area contributed by atoms with Crippen LogP contribution in [0.15, 0.2) is 18.2 Å². The first-order valence-corrected chi connectivity index (χ1v) is 7.26. The van der Waals surface area contributed by atoms with E-state index in [4.69, 9.17) is 0 Å². The SMILES string of the molecule is CN(CC(=O)c1ccc(F)cc1F)C1CCCCCC1. The third kappa shape index (κ3) is 3.85. The Labute approximate surface area is 118 Å². The second-order valence-electron chi connectivity index (χ2n) is 5.61. The monoisotopic (exact) mass is 281 g/mol. The maximum atomic E-state index is 13.6. The van der Waals surface area contributed by atoms with Gasteiger partial charge in [-0.1, -0.05) is 25.7 Å². The number of nitrogens with zero attached hydrogens (tertiary/aromatic N) is 1. The molecule has 1 saturated carbocycles. The number of rotatable bonds is 4. The highest BCUT2D eigenvalue weighted by molar-refractivity contribution is 5.97. The third-order valence-electron chi connectivity index (χ3n) is 4.07. The van der Waals surface area contributed by atoms with Crippen LogP contribution in [0.2, 0.25) is 0 Å². The molecule has 1 aliphatic rings. The van der Waals surface area contributed by atoms with E-state index in [-0.39, 0.29) is 17.9 Å². The summed E-state index contributed by atoms with van der Waals surface area (Å²) in [6, 6.07) is 3.51. The minimum atomic E-state index is -0.774. The Balaban J connectivity index is 1.99. The smallest absolute Gasteiger partial charge is 0.179 e. The zero-order chi connectivity index (χ0) is 14.5. The third-order valence-corrected chi connectivity index (χ3v) is 4.07. The summed E-state index contributed by atoms with van der Waals surface area (Å²) in [6.07, 6.45) is 7.07. The van der Waals surface area contributed by atoms with Crippen LogP contribution < -0.4 is 0 Å². The molecular weight excluding hydrogens is 260 g/mol. The van der Waals surface area contributed by atoms with Crippen molar-refractivity contribution < 1.29 is 13.6 Å². The molecule has 1 aliphatic carbocycles. The minimum absolute atomic E-state index is 0.0214. The molecule has 1 fully saturated rings. The van der Waals surface area contributed by atoms with Gasteiger partial charge in [0.25, 0.3) is 0 Å². The molecule has 0 radical (unpaired) electrons. The molecule has 1 aromatic carbocycles. The van der Waals surface area contributed by atoms with Gasteiger partial charge in [0.2, 0.25) is 0 Å². The van der Waals surface area contributed by atoms with Gasteiger partial charge in [-0.15, -0.1) is 0 Å². The van der Waals surface area contributed by atoms with Gasteiger partial charge in [-0.25, -0.2) is 8.78 Å². The Bertz CT molecular complexity index is 468. The maximum Gasteiger partial charge on any atom is 0.179 e. The van der Waals surface area contributed by atoms with Crippen molar-refractivity contribution in [2.24, 2.45) is 0 Å². The van der Waals surface area contributed by atoms with Crippen molar-refractivity contribution in [3.8, 4) is 0 Å². The molecule has 0 bridgehead atoms. The highest BCUT2D eigenvalue weighted by Crippen LogP contribution is 2.21. The van der Waals surface area contributed by atoms with Gasteiger partial charge < -0.3 is 0 Å². The molecule has 0 aliphatic heterocycles. The molecule has 0 saturated heterocycles. The van der Waals surface area contributed by atoms with E-state index < -0.39 is 11.6 Å². The van der Waals surface area contributed by atoms with E-state index in [1.54, 1.807) is 0 Å². The highest BCUT2D eigenvalue weighted by Gasteiger charge is 2.21. The molecule has 20 heavy (non-hydrogen) atoms. The van der Waals surface area contributed by atoms with Crippen molar-refractivity contribution in [1.82, 2.24) is 4.90 Å². The quantitative estimate of drug-likeness (QED) is 0.618. The molecule has 0 atom stereocenters. The Morgan fingerprint density at radius 3 is 2.45 bits per heavy atom. The molecular formula is C16H21F2NO. The largest absolute Gasteiger partial charge is 0.296 e. The number of halogens is 2. The fourth-order valence-electron chi connectivity index (χ4n) is 2.85. The molecule has 110 valence electrons. The fourth-order valence-corrected chi connectivity index (χ4v) is 2.85. The van der Waals surface area contributed by atoms with Crippen LogP contribution in [0.5, 0.6) is 0 Å². The minimum Gasteiger partial charge on any atom is -0.296 e. The summed E-state index contributed by atoms with van der Waals surface area (Å²) in [5, 5.41) is 0. The van der Waals surface area contributed by atoms with Crippen molar-refractivity contribution in [2.45, 2.75) is 44.6 Å². The lowest BCUT2D eigenvalue weighted by molar-refractivity contribution is 0.0908. The van der Waals surface area contributed by atoms with E-state index >= 15 is 0 Å². The van der Waals surface area contributed by atoms with Crippen molar-refractivity contribution in [2.75, 3.05) is 13.6 Å². The van der Waals surface area contributed by atoms with Gasteiger partial charge in [0.15, 0.2) is 5.78 Å². The first kappa shape index (κ1) is 15.1. The van der Waals surface area contributed by atoms with Crippen LogP contribution in [0.3, 0.4) is 0 Å². The number of hydrogen-bond donors (Lipinski definition) is 0. The maximum absolute atomic E-state index is 13.6. The molecule has 4 heteroatoms. The number of carbonyl (C=O) groups excluding carboxylic acids is 1. The van der Waals surface area contributed by atoms with E-state index in [1.807, 2.05) is 11.9 Å². The van der Waals surface area contributed by atoms with E-state index in [0.717, 1.165) is 25.0 Å².